The Kier molecular flexibility index (Phi) is 6.59. The van der Waals surface area contributed by atoms with Crippen LogP contribution in [0, 0.1) is 29.5 Å². The van der Waals surface area contributed by atoms with E-state index in [1.807, 2.05) is 0 Å². The van der Waals surface area contributed by atoms with Crippen LogP contribution in [0.3, 0.4) is 0 Å². The van der Waals surface area contributed by atoms with Crippen LogP contribution < -0.4 is 11.1 Å². The number of hydrogen-bond acceptors (Lipinski definition) is 5. The Labute approximate surface area is 201 Å². The smallest absolute Gasteiger partial charge is 0.322 e. The maximum absolute atomic E-state index is 13.9. The fraction of sp³-hybridized carbons (Fsp3) is 0.240. The van der Waals surface area contributed by atoms with Crippen LogP contribution in [0.25, 0.3) is 11.3 Å². The van der Waals surface area contributed by atoms with Gasteiger partial charge in [0, 0.05) is 30.4 Å². The van der Waals surface area contributed by atoms with E-state index in [1.165, 1.54) is 18.3 Å². The predicted octanol–water partition coefficient (Wildman–Crippen LogP) is 3.99. The topological polar surface area (TPSA) is 141 Å². The fourth-order valence-corrected chi connectivity index (χ4v) is 4.22. The van der Waals surface area contributed by atoms with Crippen LogP contribution in [0.1, 0.15) is 46.1 Å². The van der Waals surface area contributed by atoms with E-state index < -0.39 is 5.91 Å². The summed E-state index contributed by atoms with van der Waals surface area (Å²) in [4.78, 5) is 27.2. The molecule has 1 aliphatic heterocycles. The van der Waals surface area contributed by atoms with Crippen molar-refractivity contribution in [3.63, 3.8) is 0 Å². The first-order chi connectivity index (χ1) is 16.8. The zero-order valence-electron chi connectivity index (χ0n) is 19.1. The van der Waals surface area contributed by atoms with Crippen LogP contribution in [-0.2, 0) is 6.54 Å². The van der Waals surface area contributed by atoms with Crippen molar-refractivity contribution in [1.29, 1.82) is 10.7 Å². The molecule has 1 atom stereocenters. The van der Waals surface area contributed by atoms with Crippen LogP contribution in [0.4, 0.5) is 14.9 Å². The van der Waals surface area contributed by atoms with Crippen LogP contribution in [0.2, 0.25) is 0 Å². The molecule has 0 fully saturated rings. The van der Waals surface area contributed by atoms with Gasteiger partial charge in [-0.2, -0.15) is 10.4 Å². The van der Waals surface area contributed by atoms with Crippen LogP contribution in [-0.4, -0.2) is 39.4 Å². The standard InChI is InChI=1S/C25H24FN7O2/c1-15-11-17(6-9-20(15)26)23-22(24(29)34)21-14-32(13-19(3-2-10-27)33(21)31-23)25(35)30-18-7-4-16(12-28)5-8-18/h4-9,11-12,19,28H,2-3,13-14H2,1H3,(H2,29,34)(H,30,35). The molecule has 1 aromatic heterocycles. The van der Waals surface area contributed by atoms with E-state index in [0.717, 1.165) is 0 Å². The van der Waals surface area contributed by atoms with E-state index in [9.17, 15) is 14.0 Å². The number of benzene rings is 2. The van der Waals surface area contributed by atoms with Crippen molar-refractivity contribution in [3.8, 4) is 17.3 Å². The summed E-state index contributed by atoms with van der Waals surface area (Å²) in [7, 11) is 0. The number of urea groups is 1. The molecule has 2 heterocycles. The van der Waals surface area contributed by atoms with Crippen molar-refractivity contribution in [2.75, 3.05) is 11.9 Å². The maximum atomic E-state index is 13.9. The van der Waals surface area contributed by atoms with E-state index in [4.69, 9.17) is 16.4 Å². The number of aryl methyl sites for hydroxylation is 1. The Bertz CT molecular complexity index is 1340. The Morgan fingerprint density at radius 1 is 1.31 bits per heavy atom. The van der Waals surface area contributed by atoms with Crippen LogP contribution >= 0.6 is 0 Å². The monoisotopic (exact) mass is 473 g/mol. The number of fused-ring (bicyclic) bond motifs is 1. The molecule has 178 valence electrons. The second-order valence-electron chi connectivity index (χ2n) is 8.37. The molecule has 4 rings (SSSR count). The molecule has 3 amide bonds. The predicted molar refractivity (Wildman–Crippen MR) is 129 cm³/mol. The van der Waals surface area contributed by atoms with E-state index in [-0.39, 0.29) is 43.0 Å². The lowest BCUT2D eigenvalue weighted by atomic mass is 10.0. The van der Waals surface area contributed by atoms with Crippen molar-refractivity contribution in [2.24, 2.45) is 5.73 Å². The van der Waals surface area contributed by atoms with Crippen molar-refractivity contribution in [1.82, 2.24) is 14.7 Å². The highest BCUT2D eigenvalue weighted by molar-refractivity contribution is 6.00. The summed E-state index contributed by atoms with van der Waals surface area (Å²) in [5.74, 6) is -1.08. The van der Waals surface area contributed by atoms with Gasteiger partial charge in [-0.15, -0.1) is 0 Å². The van der Waals surface area contributed by atoms with Crippen LogP contribution in [0.5, 0.6) is 0 Å². The quantitative estimate of drug-likeness (QED) is 0.466. The maximum Gasteiger partial charge on any atom is 0.322 e. The summed E-state index contributed by atoms with van der Waals surface area (Å²) in [6.45, 7) is 1.98. The first-order valence-corrected chi connectivity index (χ1v) is 11.0. The summed E-state index contributed by atoms with van der Waals surface area (Å²) in [6, 6.07) is 12.7. The molecule has 0 spiro atoms. The minimum absolute atomic E-state index is 0.0823. The highest BCUT2D eigenvalue weighted by Gasteiger charge is 2.34. The molecule has 0 bridgehead atoms. The number of hydrogen-bond donors (Lipinski definition) is 3. The van der Waals surface area contributed by atoms with Gasteiger partial charge < -0.3 is 21.4 Å². The number of nitrogens with one attached hydrogen (secondary N) is 2. The number of nitrogens with zero attached hydrogens (tertiary/aromatic N) is 4. The van der Waals surface area contributed by atoms with Gasteiger partial charge in [-0.05, 0) is 54.8 Å². The van der Waals surface area contributed by atoms with Gasteiger partial charge in [-0.1, -0.05) is 12.1 Å². The molecule has 0 aliphatic carbocycles. The third-order valence-electron chi connectivity index (χ3n) is 6.01. The first kappa shape index (κ1) is 23.6. The van der Waals surface area contributed by atoms with E-state index in [0.29, 0.717) is 40.2 Å². The molecule has 9 nitrogen and oxygen atoms in total. The highest BCUT2D eigenvalue weighted by Crippen LogP contribution is 2.34. The summed E-state index contributed by atoms with van der Waals surface area (Å²) in [6.07, 6.45) is 1.87. The normalized spacial score (nSPS) is 14.7. The lowest BCUT2D eigenvalue weighted by molar-refractivity contribution is 0.0996. The van der Waals surface area contributed by atoms with Crippen molar-refractivity contribution >= 4 is 23.8 Å². The number of amides is 3. The second kappa shape index (κ2) is 9.77. The summed E-state index contributed by atoms with van der Waals surface area (Å²) >= 11 is 0. The zero-order chi connectivity index (χ0) is 25.1. The molecule has 2 aromatic carbocycles. The Morgan fingerprint density at radius 3 is 2.69 bits per heavy atom. The van der Waals surface area contributed by atoms with Gasteiger partial charge in [0.05, 0.1) is 29.9 Å². The van der Waals surface area contributed by atoms with E-state index >= 15 is 0 Å². The van der Waals surface area contributed by atoms with Gasteiger partial charge in [0.2, 0.25) is 0 Å². The van der Waals surface area contributed by atoms with Gasteiger partial charge >= 0.3 is 6.03 Å². The number of aromatic nitrogens is 2. The first-order valence-electron chi connectivity index (χ1n) is 11.0. The Balaban J connectivity index is 1.71. The van der Waals surface area contributed by atoms with E-state index in [1.54, 1.807) is 46.8 Å². The molecular formula is C25H24FN7O2. The minimum atomic E-state index is -0.702. The number of nitriles is 1. The number of rotatable bonds is 6. The molecule has 35 heavy (non-hydrogen) atoms. The highest BCUT2D eigenvalue weighted by atomic mass is 19.1. The third kappa shape index (κ3) is 4.75. The molecule has 4 N–H and O–H groups in total. The number of primary amides is 1. The van der Waals surface area contributed by atoms with Gasteiger partial charge in [0.25, 0.3) is 5.91 Å². The van der Waals surface area contributed by atoms with Gasteiger partial charge in [-0.25, -0.2) is 9.18 Å². The number of halogens is 1. The average molecular weight is 474 g/mol. The molecule has 0 radical (unpaired) electrons. The number of carbonyl (C=O) groups is 2. The Morgan fingerprint density at radius 2 is 2.06 bits per heavy atom. The zero-order valence-corrected chi connectivity index (χ0v) is 19.1. The van der Waals surface area contributed by atoms with Gasteiger partial charge in [-0.3, -0.25) is 9.48 Å². The molecule has 0 saturated heterocycles. The third-order valence-corrected chi connectivity index (χ3v) is 6.01. The summed E-state index contributed by atoms with van der Waals surface area (Å²) < 4.78 is 15.5. The largest absolute Gasteiger partial charge is 0.365 e. The lowest BCUT2D eigenvalue weighted by Crippen LogP contribution is -2.44. The summed E-state index contributed by atoms with van der Waals surface area (Å²) in [5, 5.41) is 23.9. The minimum Gasteiger partial charge on any atom is -0.365 e. The van der Waals surface area contributed by atoms with Crippen molar-refractivity contribution < 1.29 is 14.0 Å². The van der Waals surface area contributed by atoms with Crippen molar-refractivity contribution in [2.45, 2.75) is 32.4 Å². The van der Waals surface area contributed by atoms with Crippen LogP contribution in [0.15, 0.2) is 42.5 Å². The Hall–Kier alpha value is -4.52. The molecule has 3 aromatic rings. The molecule has 1 unspecified atom stereocenters. The second-order valence-corrected chi connectivity index (χ2v) is 8.37. The molecule has 1 aliphatic rings. The molecule has 10 heteroatoms. The molecule has 0 saturated carbocycles. The SMILES string of the molecule is Cc1cc(-c2nn3c(c2C(N)=O)CN(C(=O)Nc2ccc(C=N)cc2)CC3CCC#N)ccc1F. The number of anilines is 1. The van der Waals surface area contributed by atoms with E-state index in [2.05, 4.69) is 16.5 Å². The number of nitrogens with two attached hydrogens (primary N) is 1. The summed E-state index contributed by atoms with van der Waals surface area (Å²) in [5.41, 5.74) is 8.93. The number of carbonyl (C=O) groups excluding carboxylic acids is 2. The lowest BCUT2D eigenvalue weighted by Gasteiger charge is -2.34. The van der Waals surface area contributed by atoms with Crippen molar-refractivity contribution in [3.05, 3.63) is 70.7 Å². The molecular weight excluding hydrogens is 449 g/mol. The van der Waals surface area contributed by atoms with Gasteiger partial charge in [0.15, 0.2) is 0 Å². The fourth-order valence-electron chi connectivity index (χ4n) is 4.22. The average Bonchev–Trinajstić information content (AvgIpc) is 3.24. The van der Waals surface area contributed by atoms with Gasteiger partial charge in [0.1, 0.15) is 11.5 Å².